The quantitative estimate of drug-likeness (QED) is 0.881. The Morgan fingerprint density at radius 2 is 1.63 bits per heavy atom. The number of thioether (sulfide) groups is 1. The van der Waals surface area contributed by atoms with Crippen molar-refractivity contribution in [2.24, 2.45) is 5.10 Å². The van der Waals surface area contributed by atoms with Crippen LogP contribution in [-0.2, 0) is 5.72 Å². The van der Waals surface area contributed by atoms with Crippen molar-refractivity contribution < 1.29 is 5.11 Å². The van der Waals surface area contributed by atoms with E-state index in [0.29, 0.717) is 5.75 Å². The molecule has 3 rings (SSSR count). The third-order valence-electron chi connectivity index (χ3n) is 3.03. The Morgan fingerprint density at radius 1 is 1.00 bits per heavy atom. The summed E-state index contributed by atoms with van der Waals surface area (Å²) in [4.78, 5) is 0. The van der Waals surface area contributed by atoms with Gasteiger partial charge >= 0.3 is 0 Å². The molecule has 19 heavy (non-hydrogen) atoms. The molecule has 0 spiro atoms. The summed E-state index contributed by atoms with van der Waals surface area (Å²) in [7, 11) is 0. The average Bonchev–Trinajstić information content (AvgIpc) is 2.50. The first-order valence-electron chi connectivity index (χ1n) is 6.09. The summed E-state index contributed by atoms with van der Waals surface area (Å²) in [5, 5.41) is 15.8. The van der Waals surface area contributed by atoms with Crippen LogP contribution in [0.4, 0.5) is 0 Å². The maximum Gasteiger partial charge on any atom is 0.186 e. The van der Waals surface area contributed by atoms with Crippen molar-refractivity contribution in [2.45, 2.75) is 5.72 Å². The molecule has 0 amide bonds. The van der Waals surface area contributed by atoms with Crippen LogP contribution in [0, 0.1) is 0 Å². The number of benzene rings is 2. The van der Waals surface area contributed by atoms with Crippen LogP contribution < -0.4 is 5.43 Å². The van der Waals surface area contributed by atoms with E-state index >= 15 is 0 Å². The van der Waals surface area contributed by atoms with E-state index < -0.39 is 5.72 Å². The molecule has 0 radical (unpaired) electrons. The third-order valence-corrected chi connectivity index (χ3v) is 4.19. The van der Waals surface area contributed by atoms with Crippen molar-refractivity contribution in [3.63, 3.8) is 0 Å². The van der Waals surface area contributed by atoms with Crippen molar-refractivity contribution >= 4 is 16.8 Å². The normalized spacial score (nSPS) is 22.5. The molecular weight excluding hydrogens is 256 g/mol. The standard InChI is InChI=1S/C15H14N2OS/c18-15(13-9-5-2-6-10-13)11-19-14(16-17-15)12-7-3-1-4-8-12/h1-10,17-18H,11H2. The van der Waals surface area contributed by atoms with Crippen LogP contribution in [0.15, 0.2) is 65.8 Å². The minimum Gasteiger partial charge on any atom is -0.365 e. The number of nitrogens with zero attached hydrogens (tertiary/aromatic N) is 1. The highest BCUT2D eigenvalue weighted by Crippen LogP contribution is 2.29. The van der Waals surface area contributed by atoms with Crippen molar-refractivity contribution in [1.29, 1.82) is 0 Å². The maximum absolute atomic E-state index is 10.6. The van der Waals surface area contributed by atoms with E-state index in [4.69, 9.17) is 0 Å². The molecule has 0 aliphatic carbocycles. The Balaban J connectivity index is 1.84. The van der Waals surface area contributed by atoms with Gasteiger partial charge in [0.1, 0.15) is 5.04 Å². The number of rotatable bonds is 2. The number of nitrogens with one attached hydrogen (secondary N) is 1. The Kier molecular flexibility index (Phi) is 3.27. The summed E-state index contributed by atoms with van der Waals surface area (Å²) in [5.41, 5.74) is 3.69. The summed E-state index contributed by atoms with van der Waals surface area (Å²) in [6.07, 6.45) is 0. The van der Waals surface area contributed by atoms with Gasteiger partial charge in [-0.3, -0.25) is 5.43 Å². The predicted molar refractivity (Wildman–Crippen MR) is 78.9 cm³/mol. The second-order valence-corrected chi connectivity index (χ2v) is 5.37. The first-order chi connectivity index (χ1) is 9.28. The van der Waals surface area contributed by atoms with Crippen molar-refractivity contribution in [1.82, 2.24) is 5.43 Å². The third kappa shape index (κ3) is 2.50. The van der Waals surface area contributed by atoms with E-state index in [9.17, 15) is 5.11 Å². The number of aliphatic hydroxyl groups is 1. The van der Waals surface area contributed by atoms with Gasteiger partial charge in [-0.05, 0) is 0 Å². The molecule has 0 saturated heterocycles. The van der Waals surface area contributed by atoms with Gasteiger partial charge in [-0.1, -0.05) is 72.4 Å². The van der Waals surface area contributed by atoms with Crippen LogP contribution in [-0.4, -0.2) is 15.9 Å². The second kappa shape index (κ2) is 5.07. The minimum absolute atomic E-state index is 0.532. The van der Waals surface area contributed by atoms with Crippen LogP contribution in [0.1, 0.15) is 11.1 Å². The molecule has 1 atom stereocenters. The molecule has 96 valence electrons. The molecule has 0 saturated carbocycles. The highest BCUT2D eigenvalue weighted by Gasteiger charge is 2.32. The lowest BCUT2D eigenvalue weighted by Crippen LogP contribution is -2.45. The maximum atomic E-state index is 10.6. The molecule has 1 aliphatic rings. The smallest absolute Gasteiger partial charge is 0.186 e. The van der Waals surface area contributed by atoms with E-state index in [1.807, 2.05) is 60.7 Å². The van der Waals surface area contributed by atoms with E-state index in [1.165, 1.54) is 0 Å². The van der Waals surface area contributed by atoms with Crippen LogP contribution in [0.25, 0.3) is 0 Å². The lowest BCUT2D eigenvalue weighted by Gasteiger charge is -2.31. The summed E-state index contributed by atoms with van der Waals surface area (Å²) in [6, 6.07) is 19.5. The molecule has 1 heterocycles. The molecule has 2 aromatic rings. The van der Waals surface area contributed by atoms with Gasteiger partial charge in [0.2, 0.25) is 0 Å². The largest absolute Gasteiger partial charge is 0.365 e. The van der Waals surface area contributed by atoms with Gasteiger partial charge in [0.05, 0.1) is 5.75 Å². The average molecular weight is 270 g/mol. The van der Waals surface area contributed by atoms with Gasteiger partial charge in [0.15, 0.2) is 5.72 Å². The molecule has 4 heteroatoms. The molecule has 0 bridgehead atoms. The van der Waals surface area contributed by atoms with Gasteiger partial charge in [-0.15, -0.1) is 0 Å². The first-order valence-corrected chi connectivity index (χ1v) is 7.07. The van der Waals surface area contributed by atoms with Gasteiger partial charge in [0, 0.05) is 11.1 Å². The first kappa shape index (κ1) is 12.3. The molecule has 0 aromatic heterocycles. The fraction of sp³-hybridized carbons (Fsp3) is 0.133. The molecular formula is C15H14N2OS. The molecule has 2 aromatic carbocycles. The number of hydrogen-bond donors (Lipinski definition) is 2. The monoisotopic (exact) mass is 270 g/mol. The lowest BCUT2D eigenvalue weighted by atomic mass is 10.1. The zero-order valence-corrected chi connectivity index (χ0v) is 11.1. The molecule has 2 N–H and O–H groups in total. The molecule has 0 fully saturated rings. The lowest BCUT2D eigenvalue weighted by molar-refractivity contribution is 0.0254. The highest BCUT2D eigenvalue weighted by molar-refractivity contribution is 8.14. The van der Waals surface area contributed by atoms with Crippen molar-refractivity contribution in [3.8, 4) is 0 Å². The fourth-order valence-corrected chi connectivity index (χ4v) is 2.96. The summed E-state index contributed by atoms with van der Waals surface area (Å²) >= 11 is 1.56. The fourth-order valence-electron chi connectivity index (χ4n) is 1.97. The van der Waals surface area contributed by atoms with E-state index in [1.54, 1.807) is 11.8 Å². The van der Waals surface area contributed by atoms with Gasteiger partial charge in [0.25, 0.3) is 0 Å². The van der Waals surface area contributed by atoms with Crippen molar-refractivity contribution in [3.05, 3.63) is 71.8 Å². The Bertz CT molecular complexity index is 586. The summed E-state index contributed by atoms with van der Waals surface area (Å²) in [6.45, 7) is 0. The SMILES string of the molecule is OC1(c2ccccc2)CSC(c2ccccc2)=NN1. The van der Waals surface area contributed by atoms with E-state index in [-0.39, 0.29) is 0 Å². The molecule has 3 nitrogen and oxygen atoms in total. The second-order valence-electron chi connectivity index (χ2n) is 4.41. The number of hydrazone groups is 1. The zero-order valence-electron chi connectivity index (χ0n) is 10.3. The molecule has 1 aliphatic heterocycles. The summed E-state index contributed by atoms with van der Waals surface area (Å²) < 4.78 is 0. The molecule has 1 unspecified atom stereocenters. The van der Waals surface area contributed by atoms with E-state index in [0.717, 1.165) is 16.2 Å². The van der Waals surface area contributed by atoms with Gasteiger partial charge in [-0.25, -0.2) is 0 Å². The Labute approximate surface area is 116 Å². The van der Waals surface area contributed by atoms with Crippen LogP contribution in [0.3, 0.4) is 0 Å². The summed E-state index contributed by atoms with van der Waals surface area (Å²) in [5.74, 6) is 0.532. The van der Waals surface area contributed by atoms with Crippen LogP contribution >= 0.6 is 11.8 Å². The van der Waals surface area contributed by atoms with Crippen LogP contribution in [0.5, 0.6) is 0 Å². The topological polar surface area (TPSA) is 44.6 Å². The Morgan fingerprint density at radius 3 is 2.21 bits per heavy atom. The van der Waals surface area contributed by atoms with Crippen LogP contribution in [0.2, 0.25) is 0 Å². The number of hydrogen-bond acceptors (Lipinski definition) is 4. The van der Waals surface area contributed by atoms with E-state index in [2.05, 4.69) is 10.5 Å². The van der Waals surface area contributed by atoms with Crippen molar-refractivity contribution in [2.75, 3.05) is 5.75 Å². The zero-order chi connectivity index (χ0) is 13.1. The van der Waals surface area contributed by atoms with Gasteiger partial charge < -0.3 is 5.11 Å². The Hall–Kier alpha value is -1.78. The minimum atomic E-state index is -1.09. The predicted octanol–water partition coefficient (Wildman–Crippen LogP) is 2.53. The highest BCUT2D eigenvalue weighted by atomic mass is 32.2. The van der Waals surface area contributed by atoms with Gasteiger partial charge in [-0.2, -0.15) is 5.10 Å².